The Morgan fingerprint density at radius 2 is 1.91 bits per heavy atom. The van der Waals surface area contributed by atoms with Crippen LogP contribution in [0.5, 0.6) is 5.75 Å². The minimum atomic E-state index is -1.04. The number of fused-ring (bicyclic) bond motifs is 4. The van der Waals surface area contributed by atoms with Gasteiger partial charge in [0.05, 0.1) is 12.6 Å². The maximum absolute atomic E-state index is 13.9. The Kier molecular flexibility index (Phi) is 6.77. The number of pyridine rings is 1. The largest absolute Gasteiger partial charge is 0.502 e. The lowest BCUT2D eigenvalue weighted by molar-refractivity contribution is -0.0623. The number of halogens is 2. The zero-order chi connectivity index (χ0) is 25.4. The molecule has 2 aliphatic heterocycles. The van der Waals surface area contributed by atoms with Crippen LogP contribution >= 0.6 is 0 Å². The number of nitrogens with one attached hydrogen (secondary N) is 1. The van der Waals surface area contributed by atoms with Crippen molar-refractivity contribution in [1.82, 2.24) is 14.9 Å². The molecule has 35 heavy (non-hydrogen) atoms. The van der Waals surface area contributed by atoms with Crippen LogP contribution in [0.25, 0.3) is 0 Å². The average molecular weight is 492 g/mol. The van der Waals surface area contributed by atoms with Crippen molar-refractivity contribution in [2.45, 2.75) is 38.1 Å². The molecule has 4 rings (SSSR count). The van der Waals surface area contributed by atoms with E-state index in [9.17, 15) is 28.3 Å². The van der Waals surface area contributed by atoms with Crippen LogP contribution in [-0.2, 0) is 16.0 Å². The highest BCUT2D eigenvalue weighted by molar-refractivity contribution is 5.99. The van der Waals surface area contributed by atoms with Gasteiger partial charge in [-0.25, -0.2) is 8.78 Å². The third-order valence-electron chi connectivity index (χ3n) is 6.45. The molecule has 2 N–H and O–H groups in total. The monoisotopic (exact) mass is 492 g/mol. The summed E-state index contributed by atoms with van der Waals surface area (Å²) in [6, 6.07) is 2.67. The zero-order valence-electron chi connectivity index (χ0n) is 19.5. The maximum Gasteiger partial charge on any atom is 0.277 e. The Morgan fingerprint density at radius 3 is 2.57 bits per heavy atom. The lowest BCUT2D eigenvalue weighted by Gasteiger charge is -2.47. The van der Waals surface area contributed by atoms with Crippen molar-refractivity contribution in [2.75, 3.05) is 32.4 Å². The number of amides is 2. The number of benzene rings is 1. The van der Waals surface area contributed by atoms with Crippen LogP contribution in [0.2, 0.25) is 0 Å². The second-order valence-corrected chi connectivity index (χ2v) is 8.57. The second-order valence-electron chi connectivity index (χ2n) is 8.57. The Hall–Kier alpha value is -3.51. The molecule has 188 valence electrons. The van der Waals surface area contributed by atoms with Crippen molar-refractivity contribution in [1.29, 1.82) is 0 Å². The predicted octanol–water partition coefficient (Wildman–Crippen LogP) is 0.936. The smallest absolute Gasteiger partial charge is 0.277 e. The van der Waals surface area contributed by atoms with Crippen LogP contribution in [0, 0.1) is 11.6 Å². The maximum atomic E-state index is 13.9. The molecule has 1 aromatic heterocycles. The van der Waals surface area contributed by atoms with E-state index in [0.717, 1.165) is 6.07 Å². The van der Waals surface area contributed by atoms with Crippen LogP contribution in [0.1, 0.15) is 39.8 Å². The number of aromatic nitrogens is 1. The van der Waals surface area contributed by atoms with Crippen LogP contribution in [0.15, 0.2) is 29.2 Å². The van der Waals surface area contributed by atoms with Crippen molar-refractivity contribution in [3.63, 3.8) is 0 Å². The van der Waals surface area contributed by atoms with Gasteiger partial charge in [-0.15, -0.1) is 0 Å². The quantitative estimate of drug-likeness (QED) is 0.639. The molecule has 0 saturated carbocycles. The highest BCUT2D eigenvalue weighted by atomic mass is 19.1. The lowest BCUT2D eigenvalue weighted by atomic mass is 10.0. The first-order chi connectivity index (χ1) is 16.7. The molecule has 1 saturated heterocycles. The van der Waals surface area contributed by atoms with Gasteiger partial charge >= 0.3 is 0 Å². The van der Waals surface area contributed by atoms with Gasteiger partial charge in [-0.1, -0.05) is 6.07 Å². The van der Waals surface area contributed by atoms with Gasteiger partial charge in [-0.3, -0.25) is 24.1 Å². The summed E-state index contributed by atoms with van der Waals surface area (Å²) >= 11 is 0. The third-order valence-corrected chi connectivity index (χ3v) is 6.45. The summed E-state index contributed by atoms with van der Waals surface area (Å²) in [6.45, 7) is 1.88. The standard InChI is InChI=1S/C23H26F2N4O6/c1-12-6-17(34-2)18(35-3)10-27-11-29(12)28-9-15(20(30)21(31)19(28)23(27)33)22(32)26-8-13-4-5-14(24)7-16(13)25/h4-5,7,9,12,17-18,31H,6,8,10-11H2,1-3H3,(H,26,32). The van der Waals surface area contributed by atoms with Gasteiger partial charge in [0.2, 0.25) is 5.43 Å². The van der Waals surface area contributed by atoms with Gasteiger partial charge in [-0.2, -0.15) is 0 Å². The Morgan fingerprint density at radius 1 is 1.20 bits per heavy atom. The molecule has 12 heteroatoms. The number of hydrogen-bond acceptors (Lipinski definition) is 7. The SMILES string of the molecule is COC1CC(C)N2CN(CC1OC)C(=O)c1c(O)c(=O)c(C(=O)NCc3ccc(F)cc3F)cn12. The molecule has 1 aromatic carbocycles. The van der Waals surface area contributed by atoms with E-state index in [1.165, 1.54) is 28.9 Å². The zero-order valence-corrected chi connectivity index (χ0v) is 19.5. The molecule has 2 aromatic rings. The van der Waals surface area contributed by atoms with E-state index in [1.807, 2.05) is 6.92 Å². The number of carbonyl (C=O) groups is 2. The average Bonchev–Trinajstić information content (AvgIpc) is 2.82. The summed E-state index contributed by atoms with van der Waals surface area (Å²) in [4.78, 5) is 40.3. The second kappa shape index (κ2) is 9.62. The molecule has 0 spiro atoms. The molecule has 0 radical (unpaired) electrons. The fourth-order valence-corrected chi connectivity index (χ4v) is 4.46. The van der Waals surface area contributed by atoms with Crippen molar-refractivity contribution in [2.24, 2.45) is 0 Å². The first-order valence-corrected chi connectivity index (χ1v) is 11.0. The highest BCUT2D eigenvalue weighted by Gasteiger charge is 2.41. The van der Waals surface area contributed by atoms with E-state index >= 15 is 0 Å². The Balaban J connectivity index is 1.69. The molecule has 10 nitrogen and oxygen atoms in total. The van der Waals surface area contributed by atoms with Crippen molar-refractivity contribution in [3.05, 3.63) is 63.1 Å². The lowest BCUT2D eigenvalue weighted by Crippen LogP contribution is -2.62. The third kappa shape index (κ3) is 4.46. The summed E-state index contributed by atoms with van der Waals surface area (Å²) < 4.78 is 39.4. The van der Waals surface area contributed by atoms with Crippen molar-refractivity contribution in [3.8, 4) is 5.75 Å². The van der Waals surface area contributed by atoms with Crippen molar-refractivity contribution < 1.29 is 33.0 Å². The Bertz CT molecular complexity index is 1220. The molecule has 3 heterocycles. The van der Waals surface area contributed by atoms with Crippen LogP contribution in [-0.4, -0.2) is 72.2 Å². The number of carbonyl (C=O) groups excluding carboxylic acids is 2. The fourth-order valence-electron chi connectivity index (χ4n) is 4.46. The first kappa shape index (κ1) is 24.6. The summed E-state index contributed by atoms with van der Waals surface area (Å²) in [5, 5.41) is 14.8. The van der Waals surface area contributed by atoms with Crippen LogP contribution in [0.4, 0.5) is 8.78 Å². The van der Waals surface area contributed by atoms with E-state index < -0.39 is 46.3 Å². The van der Waals surface area contributed by atoms with E-state index in [0.29, 0.717) is 12.5 Å². The van der Waals surface area contributed by atoms with E-state index in [4.69, 9.17) is 9.47 Å². The highest BCUT2D eigenvalue weighted by Crippen LogP contribution is 2.27. The minimum Gasteiger partial charge on any atom is -0.502 e. The van der Waals surface area contributed by atoms with Gasteiger partial charge in [0, 0.05) is 44.6 Å². The summed E-state index contributed by atoms with van der Waals surface area (Å²) in [5.74, 6) is -3.95. The molecule has 1 fully saturated rings. The summed E-state index contributed by atoms with van der Waals surface area (Å²) in [7, 11) is 3.07. The number of hydrogen-bond donors (Lipinski definition) is 2. The normalized spacial score (nSPS) is 21.9. The predicted molar refractivity (Wildman–Crippen MR) is 120 cm³/mol. The number of aromatic hydroxyl groups is 1. The first-order valence-electron chi connectivity index (χ1n) is 11.0. The van der Waals surface area contributed by atoms with Gasteiger partial charge in [0.25, 0.3) is 11.8 Å². The Labute approximate surface area is 199 Å². The molecular weight excluding hydrogens is 466 g/mol. The topological polar surface area (TPSA) is 113 Å². The molecule has 2 amide bonds. The fraction of sp³-hybridized carbons (Fsp3) is 0.435. The molecule has 3 atom stereocenters. The van der Waals surface area contributed by atoms with Crippen molar-refractivity contribution >= 4 is 11.8 Å². The summed E-state index contributed by atoms with van der Waals surface area (Å²) in [5.41, 5.74) is -1.71. The van der Waals surface area contributed by atoms with Gasteiger partial charge in [0.15, 0.2) is 11.4 Å². The van der Waals surface area contributed by atoms with Gasteiger partial charge < -0.3 is 24.8 Å². The molecule has 0 aliphatic carbocycles. The number of nitrogens with zero attached hydrogens (tertiary/aromatic N) is 3. The number of methoxy groups -OCH3 is 2. The summed E-state index contributed by atoms with van der Waals surface area (Å²) in [6.07, 6.45) is 0.965. The van der Waals surface area contributed by atoms with E-state index in [1.54, 1.807) is 12.1 Å². The minimum absolute atomic E-state index is 0.0172. The number of rotatable bonds is 5. The molecular formula is C23H26F2N4O6. The molecule has 2 bridgehead atoms. The molecule has 3 unspecified atom stereocenters. The van der Waals surface area contributed by atoms with E-state index in [-0.39, 0.29) is 43.2 Å². The van der Waals surface area contributed by atoms with E-state index in [2.05, 4.69) is 5.32 Å². The van der Waals surface area contributed by atoms with Crippen LogP contribution in [0.3, 0.4) is 0 Å². The number of ether oxygens (including phenoxy) is 2. The van der Waals surface area contributed by atoms with Crippen LogP contribution < -0.4 is 15.8 Å². The molecule has 2 aliphatic rings. The van der Waals surface area contributed by atoms with Gasteiger partial charge in [0.1, 0.15) is 30.0 Å². The van der Waals surface area contributed by atoms with Gasteiger partial charge in [-0.05, 0) is 19.4 Å².